The fraction of sp³-hybridized carbons (Fsp3) is 0.417. The second kappa shape index (κ2) is 12.2. The lowest BCUT2D eigenvalue weighted by atomic mass is 10.1. The normalized spacial score (nSPS) is 14.9. The van der Waals surface area contributed by atoms with E-state index >= 15 is 0 Å². The van der Waals surface area contributed by atoms with Crippen LogP contribution in [0.25, 0.3) is 0 Å². The number of nitrogens with one attached hydrogen (secondary N) is 1. The van der Waals surface area contributed by atoms with Crippen molar-refractivity contribution in [1.82, 2.24) is 10.2 Å². The predicted molar refractivity (Wildman–Crippen MR) is 146 cm³/mol. The van der Waals surface area contributed by atoms with Gasteiger partial charge in [-0.3, -0.25) is 13.9 Å². The SMILES string of the molecule is CC(C(=O)NC1CCCC1)N(Cc1ccc(Cl)c(Cl)c1)C(=O)CN(c1cc(Cl)cc(Cl)c1)S(C)(=O)=O. The Bertz CT molecular complexity index is 1220. The molecule has 1 fully saturated rings. The van der Waals surface area contributed by atoms with Gasteiger partial charge in [0.15, 0.2) is 0 Å². The molecule has 196 valence electrons. The van der Waals surface area contributed by atoms with E-state index in [0.29, 0.717) is 15.6 Å². The molecule has 3 rings (SSSR count). The number of halogens is 4. The standard InChI is InChI=1S/C24H27Cl4N3O4S/c1-15(24(33)29-19-5-3-4-6-19)30(13-16-7-8-21(27)22(28)9-16)23(32)14-31(36(2,34)35)20-11-17(25)10-18(26)12-20/h7-12,15,19H,3-6,13-14H2,1-2H3,(H,29,33). The minimum Gasteiger partial charge on any atom is -0.352 e. The molecule has 2 aromatic carbocycles. The molecule has 1 aliphatic rings. The average Bonchev–Trinajstić information content (AvgIpc) is 3.29. The number of rotatable bonds is 9. The quantitative estimate of drug-likeness (QED) is 0.413. The minimum absolute atomic E-state index is 0.0167. The van der Waals surface area contributed by atoms with Crippen LogP contribution in [0.1, 0.15) is 38.2 Å². The van der Waals surface area contributed by atoms with Gasteiger partial charge >= 0.3 is 0 Å². The van der Waals surface area contributed by atoms with Gasteiger partial charge in [0, 0.05) is 22.6 Å². The van der Waals surface area contributed by atoms with Gasteiger partial charge in [0.25, 0.3) is 0 Å². The van der Waals surface area contributed by atoms with Crippen LogP contribution in [-0.4, -0.2) is 50.0 Å². The molecule has 1 unspecified atom stereocenters. The monoisotopic (exact) mass is 593 g/mol. The summed E-state index contributed by atoms with van der Waals surface area (Å²) in [7, 11) is -3.90. The van der Waals surface area contributed by atoms with Crippen LogP contribution in [0.3, 0.4) is 0 Å². The topological polar surface area (TPSA) is 86.8 Å². The Morgan fingerprint density at radius 2 is 1.61 bits per heavy atom. The lowest BCUT2D eigenvalue weighted by Crippen LogP contribution is -2.52. The summed E-state index contributed by atoms with van der Waals surface area (Å²) in [5, 5.41) is 4.09. The molecule has 0 bridgehead atoms. The molecule has 12 heteroatoms. The zero-order chi connectivity index (χ0) is 26.6. The van der Waals surface area contributed by atoms with E-state index in [1.807, 2.05) is 0 Å². The molecule has 1 N–H and O–H groups in total. The summed E-state index contributed by atoms with van der Waals surface area (Å²) in [5.74, 6) is -0.899. The van der Waals surface area contributed by atoms with Crippen LogP contribution < -0.4 is 9.62 Å². The number of amides is 2. The van der Waals surface area contributed by atoms with E-state index in [9.17, 15) is 18.0 Å². The third kappa shape index (κ3) is 7.65. The number of hydrogen-bond acceptors (Lipinski definition) is 4. The van der Waals surface area contributed by atoms with E-state index in [4.69, 9.17) is 46.4 Å². The maximum Gasteiger partial charge on any atom is 0.244 e. The fourth-order valence-electron chi connectivity index (χ4n) is 4.11. The Balaban J connectivity index is 1.92. The van der Waals surface area contributed by atoms with Gasteiger partial charge in [0.1, 0.15) is 12.6 Å². The summed E-state index contributed by atoms with van der Waals surface area (Å²) in [5.41, 5.74) is 0.774. The van der Waals surface area contributed by atoms with Crippen molar-refractivity contribution in [3.63, 3.8) is 0 Å². The number of nitrogens with zero attached hydrogens (tertiary/aromatic N) is 2. The van der Waals surface area contributed by atoms with Crippen molar-refractivity contribution < 1.29 is 18.0 Å². The Morgan fingerprint density at radius 1 is 1.00 bits per heavy atom. The van der Waals surface area contributed by atoms with E-state index in [1.165, 1.54) is 23.1 Å². The van der Waals surface area contributed by atoms with E-state index in [1.54, 1.807) is 25.1 Å². The number of carbonyl (C=O) groups excluding carboxylic acids is 2. The predicted octanol–water partition coefficient (Wildman–Crippen LogP) is 5.54. The zero-order valence-electron chi connectivity index (χ0n) is 19.8. The van der Waals surface area contributed by atoms with Crippen molar-refractivity contribution >= 4 is 73.9 Å². The molecule has 1 atom stereocenters. The average molecular weight is 595 g/mol. The van der Waals surface area contributed by atoms with Crippen LogP contribution >= 0.6 is 46.4 Å². The largest absolute Gasteiger partial charge is 0.352 e. The maximum atomic E-state index is 13.6. The lowest BCUT2D eigenvalue weighted by molar-refractivity contribution is -0.139. The van der Waals surface area contributed by atoms with Gasteiger partial charge in [-0.15, -0.1) is 0 Å². The van der Waals surface area contributed by atoms with Crippen LogP contribution in [0.4, 0.5) is 5.69 Å². The van der Waals surface area contributed by atoms with Gasteiger partial charge in [-0.05, 0) is 55.7 Å². The molecule has 36 heavy (non-hydrogen) atoms. The number of hydrogen-bond donors (Lipinski definition) is 1. The first-order valence-corrected chi connectivity index (χ1v) is 14.7. The van der Waals surface area contributed by atoms with Crippen LogP contribution in [0.2, 0.25) is 20.1 Å². The molecule has 0 spiro atoms. The summed E-state index contributed by atoms with van der Waals surface area (Å²) < 4.78 is 26.2. The smallest absolute Gasteiger partial charge is 0.244 e. The number of sulfonamides is 1. The highest BCUT2D eigenvalue weighted by atomic mass is 35.5. The highest BCUT2D eigenvalue weighted by molar-refractivity contribution is 7.92. The molecule has 2 amide bonds. The van der Waals surface area contributed by atoms with E-state index in [0.717, 1.165) is 36.2 Å². The zero-order valence-corrected chi connectivity index (χ0v) is 23.6. The van der Waals surface area contributed by atoms with Gasteiger partial charge in [0.2, 0.25) is 21.8 Å². The van der Waals surface area contributed by atoms with E-state index < -0.39 is 28.5 Å². The molecule has 2 aromatic rings. The molecule has 0 aromatic heterocycles. The molecule has 1 saturated carbocycles. The molecular weight excluding hydrogens is 568 g/mol. The Kier molecular flexibility index (Phi) is 9.80. The number of anilines is 1. The third-order valence-electron chi connectivity index (χ3n) is 6.02. The van der Waals surface area contributed by atoms with Gasteiger partial charge in [-0.2, -0.15) is 0 Å². The minimum atomic E-state index is -3.90. The highest BCUT2D eigenvalue weighted by Crippen LogP contribution is 2.28. The summed E-state index contributed by atoms with van der Waals surface area (Å²) in [4.78, 5) is 28.0. The van der Waals surface area contributed by atoms with E-state index in [-0.39, 0.29) is 34.2 Å². The first-order chi connectivity index (χ1) is 16.8. The van der Waals surface area contributed by atoms with Crippen molar-refractivity contribution in [1.29, 1.82) is 0 Å². The second-order valence-corrected chi connectivity index (χ2v) is 12.4. The van der Waals surface area contributed by atoms with Gasteiger partial charge in [-0.1, -0.05) is 65.3 Å². The molecule has 0 radical (unpaired) electrons. The fourth-order valence-corrected chi connectivity index (χ4v) is 5.77. The number of benzene rings is 2. The van der Waals surface area contributed by atoms with Crippen molar-refractivity contribution in [3.8, 4) is 0 Å². The Hall–Kier alpha value is -1.71. The Morgan fingerprint density at radius 3 is 2.17 bits per heavy atom. The van der Waals surface area contributed by atoms with Gasteiger partial charge in [0.05, 0.1) is 22.0 Å². The highest BCUT2D eigenvalue weighted by Gasteiger charge is 2.31. The summed E-state index contributed by atoms with van der Waals surface area (Å²) in [6, 6.07) is 8.35. The lowest BCUT2D eigenvalue weighted by Gasteiger charge is -2.32. The molecular formula is C24H27Cl4N3O4S. The summed E-state index contributed by atoms with van der Waals surface area (Å²) >= 11 is 24.3. The van der Waals surface area contributed by atoms with Gasteiger partial charge < -0.3 is 10.2 Å². The molecule has 1 aliphatic carbocycles. The Labute approximate surface area is 231 Å². The summed E-state index contributed by atoms with van der Waals surface area (Å²) in [6.45, 7) is 1.07. The van der Waals surface area contributed by atoms with Crippen molar-refractivity contribution in [2.24, 2.45) is 0 Å². The van der Waals surface area contributed by atoms with Crippen molar-refractivity contribution in [2.75, 3.05) is 17.1 Å². The first-order valence-electron chi connectivity index (χ1n) is 11.3. The summed E-state index contributed by atoms with van der Waals surface area (Å²) in [6.07, 6.45) is 4.83. The molecule has 0 heterocycles. The molecule has 7 nitrogen and oxygen atoms in total. The number of carbonyl (C=O) groups is 2. The van der Waals surface area contributed by atoms with Crippen molar-refractivity contribution in [3.05, 3.63) is 62.1 Å². The van der Waals surface area contributed by atoms with Crippen molar-refractivity contribution in [2.45, 2.75) is 51.2 Å². The van der Waals surface area contributed by atoms with Crippen LogP contribution in [0.5, 0.6) is 0 Å². The first kappa shape index (κ1) is 28.9. The maximum absolute atomic E-state index is 13.6. The third-order valence-corrected chi connectivity index (χ3v) is 8.34. The van der Waals surface area contributed by atoms with Crippen LogP contribution in [-0.2, 0) is 26.2 Å². The van der Waals surface area contributed by atoms with Crippen LogP contribution in [0, 0.1) is 0 Å². The van der Waals surface area contributed by atoms with Gasteiger partial charge in [-0.25, -0.2) is 8.42 Å². The molecule has 0 aliphatic heterocycles. The molecule has 0 saturated heterocycles. The van der Waals surface area contributed by atoms with E-state index in [2.05, 4.69) is 5.32 Å². The second-order valence-electron chi connectivity index (χ2n) is 8.83. The van der Waals surface area contributed by atoms with Crippen LogP contribution in [0.15, 0.2) is 36.4 Å².